The van der Waals surface area contributed by atoms with Crippen LogP contribution in [0.25, 0.3) is 0 Å². The third kappa shape index (κ3) is 5.41. The molecule has 4 nitrogen and oxygen atoms in total. The Balaban J connectivity index is 1.39. The van der Waals surface area contributed by atoms with Crippen molar-refractivity contribution in [3.63, 3.8) is 0 Å². The molecule has 3 rings (SSSR count). The van der Waals surface area contributed by atoms with Gasteiger partial charge in [-0.3, -0.25) is 9.69 Å². The number of amides is 1. The highest BCUT2D eigenvalue weighted by atomic mass is 16.2. The van der Waals surface area contributed by atoms with E-state index in [-0.39, 0.29) is 5.91 Å². The lowest BCUT2D eigenvalue weighted by Crippen LogP contribution is -2.49. The molecular formula is C21H27N3O. The largest absolute Gasteiger partial charge is 0.325 e. The number of nitrogens with one attached hydrogen (secondary N) is 1. The molecule has 4 heteroatoms. The summed E-state index contributed by atoms with van der Waals surface area (Å²) < 4.78 is 0. The number of hydrogen-bond acceptors (Lipinski definition) is 3. The minimum atomic E-state index is 0.0760. The Kier molecular flexibility index (Phi) is 6.20. The summed E-state index contributed by atoms with van der Waals surface area (Å²) in [5, 5.41) is 3.02. The van der Waals surface area contributed by atoms with Crippen molar-refractivity contribution >= 4 is 11.6 Å². The van der Waals surface area contributed by atoms with Crippen molar-refractivity contribution in [2.24, 2.45) is 0 Å². The topological polar surface area (TPSA) is 35.6 Å². The van der Waals surface area contributed by atoms with E-state index in [4.69, 9.17) is 0 Å². The van der Waals surface area contributed by atoms with Gasteiger partial charge in [0.2, 0.25) is 5.91 Å². The summed E-state index contributed by atoms with van der Waals surface area (Å²) in [6.45, 7) is 7.55. The van der Waals surface area contributed by atoms with E-state index in [0.717, 1.165) is 50.4 Å². The molecular weight excluding hydrogens is 310 g/mol. The molecule has 1 saturated heterocycles. The first-order valence-electron chi connectivity index (χ1n) is 9.05. The van der Waals surface area contributed by atoms with Crippen LogP contribution >= 0.6 is 0 Å². The lowest BCUT2D eigenvalue weighted by Gasteiger charge is -2.34. The molecule has 2 aromatic rings. The quantitative estimate of drug-likeness (QED) is 0.880. The fourth-order valence-corrected chi connectivity index (χ4v) is 3.21. The molecule has 2 aromatic carbocycles. The zero-order chi connectivity index (χ0) is 17.5. The average molecular weight is 337 g/mol. The summed E-state index contributed by atoms with van der Waals surface area (Å²) >= 11 is 0. The Morgan fingerprint density at radius 1 is 0.920 bits per heavy atom. The number of rotatable bonds is 6. The maximum absolute atomic E-state index is 12.3. The SMILES string of the molecule is Cc1ccccc1NC(=O)CN1CCN(CCc2ccccc2)CC1. The first-order valence-corrected chi connectivity index (χ1v) is 9.05. The number of anilines is 1. The fourth-order valence-electron chi connectivity index (χ4n) is 3.21. The van der Waals surface area contributed by atoms with E-state index in [1.54, 1.807) is 0 Å². The number of aryl methyl sites for hydroxylation is 1. The predicted octanol–water partition coefficient (Wildman–Crippen LogP) is 2.79. The third-order valence-corrected chi connectivity index (χ3v) is 4.81. The molecule has 0 aliphatic carbocycles. The van der Waals surface area contributed by atoms with Gasteiger partial charge >= 0.3 is 0 Å². The predicted molar refractivity (Wildman–Crippen MR) is 103 cm³/mol. The number of piperazine rings is 1. The molecule has 1 aliphatic rings. The molecule has 25 heavy (non-hydrogen) atoms. The molecule has 1 N–H and O–H groups in total. The van der Waals surface area contributed by atoms with Gasteiger partial charge in [0, 0.05) is 38.4 Å². The molecule has 1 heterocycles. The third-order valence-electron chi connectivity index (χ3n) is 4.81. The van der Waals surface area contributed by atoms with Crippen LogP contribution in [0.15, 0.2) is 54.6 Å². The van der Waals surface area contributed by atoms with Crippen molar-refractivity contribution in [2.75, 3.05) is 44.6 Å². The normalized spacial score (nSPS) is 15.9. The van der Waals surface area contributed by atoms with Gasteiger partial charge in [-0.15, -0.1) is 0 Å². The summed E-state index contributed by atoms with van der Waals surface area (Å²) in [6, 6.07) is 18.5. The fraction of sp³-hybridized carbons (Fsp3) is 0.381. The van der Waals surface area contributed by atoms with Gasteiger partial charge in [-0.25, -0.2) is 0 Å². The average Bonchev–Trinajstić information content (AvgIpc) is 2.64. The van der Waals surface area contributed by atoms with Crippen LogP contribution in [0.1, 0.15) is 11.1 Å². The van der Waals surface area contributed by atoms with Crippen molar-refractivity contribution < 1.29 is 4.79 Å². The van der Waals surface area contributed by atoms with E-state index in [9.17, 15) is 4.79 Å². The number of carbonyl (C=O) groups is 1. The van der Waals surface area contributed by atoms with E-state index in [0.29, 0.717) is 6.54 Å². The van der Waals surface area contributed by atoms with Gasteiger partial charge in [-0.1, -0.05) is 48.5 Å². The maximum atomic E-state index is 12.3. The minimum absolute atomic E-state index is 0.0760. The monoisotopic (exact) mass is 337 g/mol. The molecule has 0 aromatic heterocycles. The summed E-state index contributed by atoms with van der Waals surface area (Å²) in [4.78, 5) is 17.0. The van der Waals surface area contributed by atoms with E-state index in [2.05, 4.69) is 45.4 Å². The number of para-hydroxylation sites is 1. The van der Waals surface area contributed by atoms with Crippen LogP contribution in [0.3, 0.4) is 0 Å². The number of benzene rings is 2. The van der Waals surface area contributed by atoms with Crippen molar-refractivity contribution in [1.29, 1.82) is 0 Å². The Hall–Kier alpha value is -2.17. The van der Waals surface area contributed by atoms with Gasteiger partial charge in [0.1, 0.15) is 0 Å². The molecule has 1 fully saturated rings. The van der Waals surface area contributed by atoms with Crippen LogP contribution in [0.5, 0.6) is 0 Å². The minimum Gasteiger partial charge on any atom is -0.325 e. The Morgan fingerprint density at radius 3 is 2.28 bits per heavy atom. The summed E-state index contributed by atoms with van der Waals surface area (Å²) in [6.07, 6.45) is 1.09. The van der Waals surface area contributed by atoms with Gasteiger partial charge in [0.05, 0.1) is 6.54 Å². The number of nitrogens with zero attached hydrogens (tertiary/aromatic N) is 2. The van der Waals surface area contributed by atoms with Gasteiger partial charge in [0.25, 0.3) is 0 Å². The second kappa shape index (κ2) is 8.79. The van der Waals surface area contributed by atoms with Crippen molar-refractivity contribution in [2.45, 2.75) is 13.3 Å². The molecule has 0 radical (unpaired) electrons. The summed E-state index contributed by atoms with van der Waals surface area (Å²) in [5.41, 5.74) is 3.40. The van der Waals surface area contributed by atoms with Crippen LogP contribution in [0.4, 0.5) is 5.69 Å². The van der Waals surface area contributed by atoms with Crippen LogP contribution in [-0.2, 0) is 11.2 Å². The molecule has 0 spiro atoms. The maximum Gasteiger partial charge on any atom is 0.238 e. The first-order chi connectivity index (χ1) is 12.2. The molecule has 1 aliphatic heterocycles. The molecule has 132 valence electrons. The lowest BCUT2D eigenvalue weighted by molar-refractivity contribution is -0.117. The lowest BCUT2D eigenvalue weighted by atomic mass is 10.1. The van der Waals surface area contributed by atoms with Crippen LogP contribution in [-0.4, -0.2) is 55.0 Å². The van der Waals surface area contributed by atoms with E-state index in [1.807, 2.05) is 31.2 Å². The van der Waals surface area contributed by atoms with E-state index in [1.165, 1.54) is 5.56 Å². The van der Waals surface area contributed by atoms with Crippen molar-refractivity contribution in [3.8, 4) is 0 Å². The molecule has 0 saturated carbocycles. The molecule has 0 bridgehead atoms. The smallest absolute Gasteiger partial charge is 0.238 e. The van der Waals surface area contributed by atoms with Crippen molar-refractivity contribution in [1.82, 2.24) is 9.80 Å². The summed E-state index contributed by atoms with van der Waals surface area (Å²) in [7, 11) is 0. The number of hydrogen-bond donors (Lipinski definition) is 1. The Labute approximate surface area is 150 Å². The highest BCUT2D eigenvalue weighted by molar-refractivity contribution is 5.92. The second-order valence-corrected chi connectivity index (χ2v) is 6.72. The van der Waals surface area contributed by atoms with Crippen LogP contribution in [0, 0.1) is 6.92 Å². The van der Waals surface area contributed by atoms with Crippen LogP contribution in [0.2, 0.25) is 0 Å². The highest BCUT2D eigenvalue weighted by Gasteiger charge is 2.18. The van der Waals surface area contributed by atoms with Crippen LogP contribution < -0.4 is 5.32 Å². The molecule has 1 amide bonds. The zero-order valence-corrected chi connectivity index (χ0v) is 14.9. The van der Waals surface area contributed by atoms with Crippen molar-refractivity contribution in [3.05, 3.63) is 65.7 Å². The number of carbonyl (C=O) groups excluding carboxylic acids is 1. The van der Waals surface area contributed by atoms with Gasteiger partial charge in [0.15, 0.2) is 0 Å². The Morgan fingerprint density at radius 2 is 1.56 bits per heavy atom. The van der Waals surface area contributed by atoms with E-state index >= 15 is 0 Å². The molecule has 0 atom stereocenters. The second-order valence-electron chi connectivity index (χ2n) is 6.72. The van der Waals surface area contributed by atoms with Gasteiger partial charge in [-0.2, -0.15) is 0 Å². The summed E-state index contributed by atoms with van der Waals surface area (Å²) in [5.74, 6) is 0.0760. The highest BCUT2D eigenvalue weighted by Crippen LogP contribution is 2.13. The van der Waals surface area contributed by atoms with E-state index < -0.39 is 0 Å². The first kappa shape index (κ1) is 17.6. The molecule has 0 unspecified atom stereocenters. The van der Waals surface area contributed by atoms with Gasteiger partial charge < -0.3 is 10.2 Å². The van der Waals surface area contributed by atoms with Gasteiger partial charge in [-0.05, 0) is 30.5 Å². The Bertz CT molecular complexity index is 679. The zero-order valence-electron chi connectivity index (χ0n) is 14.9. The standard InChI is InChI=1S/C21H27N3O/c1-18-7-5-6-10-20(18)22-21(25)17-24-15-13-23(14-16-24)12-11-19-8-3-2-4-9-19/h2-10H,11-17H2,1H3,(H,22,25).